The van der Waals surface area contributed by atoms with Crippen LogP contribution in [0.1, 0.15) is 18.5 Å². The third-order valence-electron chi connectivity index (χ3n) is 3.30. The van der Waals surface area contributed by atoms with E-state index in [1.165, 1.54) is 12.1 Å². The van der Waals surface area contributed by atoms with Gasteiger partial charge in [-0.2, -0.15) is 0 Å². The van der Waals surface area contributed by atoms with Crippen LogP contribution in [0.4, 0.5) is 13.2 Å². The van der Waals surface area contributed by atoms with E-state index in [9.17, 15) is 13.2 Å². The van der Waals surface area contributed by atoms with Crippen molar-refractivity contribution in [3.8, 4) is 5.75 Å². The first kappa shape index (κ1) is 14.1. The zero-order valence-electron chi connectivity index (χ0n) is 10.7. The van der Waals surface area contributed by atoms with Crippen LogP contribution in [0.3, 0.4) is 0 Å². The van der Waals surface area contributed by atoms with Gasteiger partial charge < -0.3 is 10.1 Å². The van der Waals surface area contributed by atoms with Gasteiger partial charge in [-0.1, -0.05) is 12.1 Å². The van der Waals surface area contributed by atoms with E-state index in [2.05, 4.69) is 21.9 Å². The van der Waals surface area contributed by atoms with Crippen molar-refractivity contribution in [1.29, 1.82) is 0 Å². The van der Waals surface area contributed by atoms with Crippen LogP contribution in [0.2, 0.25) is 0 Å². The fraction of sp³-hybridized carbons (Fsp3) is 0.538. The zero-order chi connectivity index (χ0) is 13.9. The second-order valence-corrected chi connectivity index (χ2v) is 4.58. The third-order valence-corrected chi connectivity index (χ3v) is 3.30. The summed E-state index contributed by atoms with van der Waals surface area (Å²) in [5.74, 6) is -0.177. The molecule has 1 aromatic carbocycles. The van der Waals surface area contributed by atoms with Gasteiger partial charge in [0.1, 0.15) is 5.75 Å². The van der Waals surface area contributed by atoms with Crippen molar-refractivity contribution in [1.82, 2.24) is 10.2 Å². The van der Waals surface area contributed by atoms with Crippen LogP contribution < -0.4 is 10.1 Å². The largest absolute Gasteiger partial charge is 0.573 e. The van der Waals surface area contributed by atoms with Crippen molar-refractivity contribution in [2.75, 3.05) is 26.2 Å². The standard InChI is InChI=1S/C13H17F3N2O/c1-10(18-8-6-17-7-9-18)11-2-4-12(5-3-11)19-13(14,15)16/h2-5,10,17H,6-9H2,1H3. The molecule has 0 aromatic heterocycles. The number of benzene rings is 1. The molecule has 0 saturated carbocycles. The summed E-state index contributed by atoms with van der Waals surface area (Å²) in [4.78, 5) is 2.30. The van der Waals surface area contributed by atoms with Gasteiger partial charge in [-0.15, -0.1) is 13.2 Å². The van der Waals surface area contributed by atoms with E-state index in [1.807, 2.05) is 0 Å². The van der Waals surface area contributed by atoms with Crippen molar-refractivity contribution in [2.45, 2.75) is 19.3 Å². The van der Waals surface area contributed by atoms with Crippen molar-refractivity contribution in [3.63, 3.8) is 0 Å². The second-order valence-electron chi connectivity index (χ2n) is 4.58. The summed E-state index contributed by atoms with van der Waals surface area (Å²) in [6.45, 7) is 5.84. The molecule has 1 fully saturated rings. The lowest BCUT2D eigenvalue weighted by Crippen LogP contribution is -2.44. The van der Waals surface area contributed by atoms with E-state index in [-0.39, 0.29) is 11.8 Å². The molecule has 1 saturated heterocycles. The average Bonchev–Trinajstić information content (AvgIpc) is 2.38. The van der Waals surface area contributed by atoms with Gasteiger partial charge >= 0.3 is 6.36 Å². The smallest absolute Gasteiger partial charge is 0.406 e. The van der Waals surface area contributed by atoms with Crippen LogP contribution in [-0.2, 0) is 0 Å². The highest BCUT2D eigenvalue weighted by Gasteiger charge is 2.31. The Morgan fingerprint density at radius 2 is 1.74 bits per heavy atom. The molecule has 1 aliphatic rings. The maximum Gasteiger partial charge on any atom is 0.573 e. The maximum atomic E-state index is 12.1. The Hall–Kier alpha value is -1.27. The first-order valence-electron chi connectivity index (χ1n) is 6.26. The molecule has 1 atom stereocenters. The minimum Gasteiger partial charge on any atom is -0.406 e. The Morgan fingerprint density at radius 3 is 2.26 bits per heavy atom. The summed E-state index contributed by atoms with van der Waals surface area (Å²) in [5, 5.41) is 3.27. The molecule has 3 nitrogen and oxygen atoms in total. The lowest BCUT2D eigenvalue weighted by atomic mass is 10.1. The number of hydrogen-bond acceptors (Lipinski definition) is 3. The molecule has 1 N–H and O–H groups in total. The van der Waals surface area contributed by atoms with E-state index in [4.69, 9.17) is 0 Å². The van der Waals surface area contributed by atoms with E-state index >= 15 is 0 Å². The fourth-order valence-corrected chi connectivity index (χ4v) is 2.23. The van der Waals surface area contributed by atoms with Gasteiger partial charge in [-0.05, 0) is 24.6 Å². The topological polar surface area (TPSA) is 24.5 Å². The quantitative estimate of drug-likeness (QED) is 0.916. The Morgan fingerprint density at radius 1 is 1.16 bits per heavy atom. The Bertz CT molecular complexity index is 399. The normalized spacial score (nSPS) is 19.2. The molecule has 1 heterocycles. The van der Waals surface area contributed by atoms with Gasteiger partial charge in [0.25, 0.3) is 0 Å². The van der Waals surface area contributed by atoms with E-state index in [1.54, 1.807) is 12.1 Å². The van der Waals surface area contributed by atoms with Gasteiger partial charge in [0.15, 0.2) is 0 Å². The van der Waals surface area contributed by atoms with Crippen molar-refractivity contribution in [2.24, 2.45) is 0 Å². The highest BCUT2D eigenvalue weighted by Crippen LogP contribution is 2.26. The molecule has 0 bridgehead atoms. The number of rotatable bonds is 3. The summed E-state index contributed by atoms with van der Waals surface area (Å²) in [7, 11) is 0. The van der Waals surface area contributed by atoms with E-state index in [0.717, 1.165) is 31.7 Å². The fourth-order valence-electron chi connectivity index (χ4n) is 2.23. The summed E-state index contributed by atoms with van der Waals surface area (Å²) < 4.78 is 40.0. The first-order valence-corrected chi connectivity index (χ1v) is 6.26. The Labute approximate surface area is 110 Å². The van der Waals surface area contributed by atoms with Crippen molar-refractivity contribution < 1.29 is 17.9 Å². The maximum absolute atomic E-state index is 12.1. The molecule has 0 aliphatic carbocycles. The number of piperazine rings is 1. The molecule has 1 aliphatic heterocycles. The van der Waals surface area contributed by atoms with Gasteiger partial charge in [0.05, 0.1) is 0 Å². The van der Waals surface area contributed by atoms with Crippen LogP contribution >= 0.6 is 0 Å². The molecule has 0 radical (unpaired) electrons. The molecule has 106 valence electrons. The van der Waals surface area contributed by atoms with Crippen molar-refractivity contribution in [3.05, 3.63) is 29.8 Å². The summed E-state index contributed by atoms with van der Waals surface area (Å²) in [5.41, 5.74) is 0.997. The molecule has 1 aromatic rings. The lowest BCUT2D eigenvalue weighted by molar-refractivity contribution is -0.274. The Balaban J connectivity index is 2.01. The summed E-state index contributed by atoms with van der Waals surface area (Å²) in [6, 6.07) is 6.30. The van der Waals surface area contributed by atoms with Gasteiger partial charge in [0, 0.05) is 32.2 Å². The van der Waals surface area contributed by atoms with Crippen LogP contribution in [0.25, 0.3) is 0 Å². The lowest BCUT2D eigenvalue weighted by Gasteiger charge is -2.33. The predicted octanol–water partition coefficient (Wildman–Crippen LogP) is 2.55. The minimum absolute atomic E-state index is 0.177. The van der Waals surface area contributed by atoms with Gasteiger partial charge in [-0.3, -0.25) is 4.90 Å². The predicted molar refractivity (Wildman–Crippen MR) is 66.0 cm³/mol. The van der Waals surface area contributed by atoms with Gasteiger partial charge in [0.2, 0.25) is 0 Å². The highest BCUT2D eigenvalue weighted by atomic mass is 19.4. The van der Waals surface area contributed by atoms with Crippen LogP contribution in [0, 0.1) is 0 Å². The molecular weight excluding hydrogens is 257 g/mol. The summed E-state index contributed by atoms with van der Waals surface area (Å²) >= 11 is 0. The molecule has 19 heavy (non-hydrogen) atoms. The van der Waals surface area contributed by atoms with Crippen molar-refractivity contribution >= 4 is 0 Å². The monoisotopic (exact) mass is 274 g/mol. The number of nitrogens with one attached hydrogen (secondary N) is 1. The minimum atomic E-state index is -4.63. The second kappa shape index (κ2) is 5.79. The number of ether oxygens (including phenoxy) is 1. The first-order chi connectivity index (χ1) is 8.96. The van der Waals surface area contributed by atoms with Crippen LogP contribution in [0.5, 0.6) is 5.75 Å². The molecule has 0 amide bonds. The van der Waals surface area contributed by atoms with Crippen LogP contribution in [-0.4, -0.2) is 37.4 Å². The SMILES string of the molecule is CC(c1ccc(OC(F)(F)F)cc1)N1CCNCC1. The Kier molecular flexibility index (Phi) is 4.31. The molecule has 6 heteroatoms. The summed E-state index contributed by atoms with van der Waals surface area (Å²) in [6.07, 6.45) is -4.63. The molecule has 0 spiro atoms. The van der Waals surface area contributed by atoms with E-state index in [0.29, 0.717) is 0 Å². The number of alkyl halides is 3. The number of nitrogens with zero attached hydrogens (tertiary/aromatic N) is 1. The van der Waals surface area contributed by atoms with E-state index < -0.39 is 6.36 Å². The molecule has 1 unspecified atom stereocenters. The van der Waals surface area contributed by atoms with Gasteiger partial charge in [-0.25, -0.2) is 0 Å². The zero-order valence-corrected chi connectivity index (χ0v) is 10.7. The highest BCUT2D eigenvalue weighted by molar-refractivity contribution is 5.29. The number of halogens is 3. The molecular formula is C13H17F3N2O. The third kappa shape index (κ3) is 4.11. The average molecular weight is 274 g/mol. The molecule has 2 rings (SSSR count). The number of hydrogen-bond donors (Lipinski definition) is 1. The van der Waals surface area contributed by atoms with Crippen LogP contribution in [0.15, 0.2) is 24.3 Å².